The molecule has 0 aliphatic rings. The molecule has 0 aromatic carbocycles. The second kappa shape index (κ2) is 82.8. The van der Waals surface area contributed by atoms with E-state index in [9.17, 15) is 19.8 Å². The van der Waals surface area contributed by atoms with Gasteiger partial charge in [0.15, 0.2) is 0 Å². The Hall–Kier alpha value is -1.66. The quantitative estimate of drug-likeness (QED) is 0.0320. The Kier molecular flexibility index (Phi) is 81.3. The molecule has 0 aliphatic heterocycles. The molecule has 0 bridgehead atoms. The van der Waals surface area contributed by atoms with Gasteiger partial charge in [-0.1, -0.05) is 430 Å². The zero-order valence-corrected chi connectivity index (χ0v) is 63.5. The van der Waals surface area contributed by atoms with Gasteiger partial charge in [-0.15, -0.1) is 0 Å². The van der Waals surface area contributed by atoms with E-state index in [1.54, 1.807) is 0 Å². The standard InChI is InChI=1S/C87H169NO5/c1-3-5-7-9-11-13-15-17-18-19-20-21-22-40-43-46-49-52-56-59-63-67-71-75-79-85(90)84(83-89)88-86(91)80-76-72-68-64-60-57-53-50-47-44-41-38-36-34-32-30-28-26-24-23-25-27-29-31-33-35-37-39-42-45-48-51-54-58-62-66-70-74-78-82-93-87(92)81-77-73-69-65-61-55-16-14-12-10-8-6-4-2/h14,16,23-24,84-85,89-90H,3-13,15,17-22,25-83H2,1-2H3,(H,88,91)/b16-14-,24-23-. The highest BCUT2D eigenvalue weighted by Gasteiger charge is 2.20. The van der Waals surface area contributed by atoms with Crippen molar-refractivity contribution in [3.63, 3.8) is 0 Å². The van der Waals surface area contributed by atoms with Gasteiger partial charge in [0.25, 0.3) is 0 Å². The lowest BCUT2D eigenvalue weighted by molar-refractivity contribution is -0.143. The van der Waals surface area contributed by atoms with Crippen molar-refractivity contribution < 1.29 is 24.5 Å². The van der Waals surface area contributed by atoms with Crippen LogP contribution in [0.2, 0.25) is 0 Å². The molecule has 6 nitrogen and oxygen atoms in total. The highest BCUT2D eigenvalue weighted by Crippen LogP contribution is 2.21. The van der Waals surface area contributed by atoms with Crippen LogP contribution in [-0.4, -0.2) is 47.4 Å². The first-order valence-electron chi connectivity index (χ1n) is 43.1. The Balaban J connectivity index is 3.33. The average Bonchev–Trinajstić information content (AvgIpc) is 3.78. The third-order valence-corrected chi connectivity index (χ3v) is 20.5. The Morgan fingerprint density at radius 2 is 0.505 bits per heavy atom. The molecule has 0 radical (unpaired) electrons. The molecule has 0 saturated carbocycles. The molecular formula is C87H169NO5. The molecule has 0 fully saturated rings. The monoisotopic (exact) mass is 1310 g/mol. The number of esters is 1. The van der Waals surface area contributed by atoms with Gasteiger partial charge in [-0.3, -0.25) is 9.59 Å². The van der Waals surface area contributed by atoms with Crippen molar-refractivity contribution in [3.05, 3.63) is 24.3 Å². The summed E-state index contributed by atoms with van der Waals surface area (Å²) >= 11 is 0. The topological polar surface area (TPSA) is 95.9 Å². The number of allylic oxidation sites excluding steroid dienone is 4. The number of nitrogens with one attached hydrogen (secondary N) is 1. The summed E-state index contributed by atoms with van der Waals surface area (Å²) in [6, 6.07) is -0.539. The number of amides is 1. The maximum absolute atomic E-state index is 12.6. The number of ether oxygens (including phenoxy) is 1. The normalized spacial score (nSPS) is 12.5. The third kappa shape index (κ3) is 79.2. The van der Waals surface area contributed by atoms with Crippen LogP contribution in [0.15, 0.2) is 24.3 Å². The van der Waals surface area contributed by atoms with E-state index in [1.165, 1.54) is 417 Å². The van der Waals surface area contributed by atoms with Crippen molar-refractivity contribution in [1.82, 2.24) is 5.32 Å². The van der Waals surface area contributed by atoms with E-state index in [1.807, 2.05) is 0 Å². The summed E-state index contributed by atoms with van der Waals surface area (Å²) in [5.74, 6) is -0.0101. The van der Waals surface area contributed by atoms with Gasteiger partial charge >= 0.3 is 5.97 Å². The van der Waals surface area contributed by atoms with Crippen LogP contribution in [0.1, 0.15) is 495 Å². The van der Waals surface area contributed by atoms with Crippen LogP contribution in [0.5, 0.6) is 0 Å². The Bertz CT molecular complexity index is 1460. The van der Waals surface area contributed by atoms with Crippen LogP contribution in [0.4, 0.5) is 0 Å². The lowest BCUT2D eigenvalue weighted by atomic mass is 10.0. The fraction of sp³-hybridized carbons (Fsp3) is 0.931. The van der Waals surface area contributed by atoms with Crippen molar-refractivity contribution in [3.8, 4) is 0 Å². The lowest BCUT2D eigenvalue weighted by Gasteiger charge is -2.22. The van der Waals surface area contributed by atoms with Crippen LogP contribution in [0, 0.1) is 0 Å². The highest BCUT2D eigenvalue weighted by molar-refractivity contribution is 5.76. The minimum absolute atomic E-state index is 0.0142. The molecule has 2 atom stereocenters. The predicted molar refractivity (Wildman–Crippen MR) is 412 cm³/mol. The average molecular weight is 1310 g/mol. The molecule has 0 aliphatic carbocycles. The molecule has 0 heterocycles. The predicted octanol–water partition coefficient (Wildman–Crippen LogP) is 28.8. The van der Waals surface area contributed by atoms with Gasteiger partial charge in [0.05, 0.1) is 25.4 Å². The van der Waals surface area contributed by atoms with Crippen LogP contribution in [0.3, 0.4) is 0 Å². The van der Waals surface area contributed by atoms with Crippen LogP contribution >= 0.6 is 0 Å². The fourth-order valence-electron chi connectivity index (χ4n) is 13.9. The van der Waals surface area contributed by atoms with E-state index in [4.69, 9.17) is 4.74 Å². The van der Waals surface area contributed by atoms with Gasteiger partial charge in [0.2, 0.25) is 5.91 Å². The van der Waals surface area contributed by atoms with Gasteiger partial charge in [-0.2, -0.15) is 0 Å². The minimum atomic E-state index is -0.663. The first-order chi connectivity index (χ1) is 46.0. The van der Waals surface area contributed by atoms with E-state index in [0.717, 1.165) is 44.9 Å². The third-order valence-electron chi connectivity index (χ3n) is 20.5. The number of carbonyl (C=O) groups is 2. The van der Waals surface area contributed by atoms with E-state index in [2.05, 4.69) is 43.5 Å². The summed E-state index contributed by atoms with van der Waals surface area (Å²) in [7, 11) is 0. The Morgan fingerprint density at radius 1 is 0.290 bits per heavy atom. The van der Waals surface area contributed by atoms with Crippen LogP contribution in [-0.2, 0) is 14.3 Å². The van der Waals surface area contributed by atoms with E-state index in [0.29, 0.717) is 25.9 Å². The van der Waals surface area contributed by atoms with E-state index in [-0.39, 0.29) is 18.5 Å². The zero-order chi connectivity index (χ0) is 67.0. The van der Waals surface area contributed by atoms with Gasteiger partial charge in [0.1, 0.15) is 0 Å². The van der Waals surface area contributed by atoms with Crippen LogP contribution in [0.25, 0.3) is 0 Å². The molecule has 3 N–H and O–H groups in total. The largest absolute Gasteiger partial charge is 0.466 e. The minimum Gasteiger partial charge on any atom is -0.466 e. The zero-order valence-electron chi connectivity index (χ0n) is 63.5. The van der Waals surface area contributed by atoms with Gasteiger partial charge in [-0.05, 0) is 77.0 Å². The van der Waals surface area contributed by atoms with Crippen molar-refractivity contribution in [2.45, 2.75) is 508 Å². The first kappa shape index (κ1) is 91.3. The Morgan fingerprint density at radius 3 is 0.774 bits per heavy atom. The summed E-state index contributed by atoms with van der Waals surface area (Å²) in [4.78, 5) is 24.6. The van der Waals surface area contributed by atoms with E-state index < -0.39 is 12.1 Å². The molecule has 2 unspecified atom stereocenters. The molecule has 1 amide bonds. The SMILES string of the molecule is CCCCCC/C=C\CCCCCCCC(=O)OCCCCCCCCCCCCCCCCCCCC/C=C\CCCCCCCCCCCCCCCCCCCC(=O)NC(CO)C(O)CCCCCCCCCCCCCCCCCCCCCCCCCC. The number of unbranched alkanes of at least 4 members (excludes halogenated alkanes) is 67. The molecule has 0 aromatic heterocycles. The molecule has 0 spiro atoms. The van der Waals surface area contributed by atoms with E-state index >= 15 is 0 Å². The molecule has 0 rings (SSSR count). The number of hydrogen-bond donors (Lipinski definition) is 3. The number of aliphatic hydroxyl groups excluding tert-OH is 2. The summed E-state index contributed by atoms with van der Waals surface area (Å²) in [6.07, 6.45) is 107. The molecule has 6 heteroatoms. The lowest BCUT2D eigenvalue weighted by Crippen LogP contribution is -2.45. The highest BCUT2D eigenvalue weighted by atomic mass is 16.5. The summed E-state index contributed by atoms with van der Waals surface area (Å²) in [5, 5.41) is 23.5. The van der Waals surface area contributed by atoms with Crippen LogP contribution < -0.4 is 5.32 Å². The maximum Gasteiger partial charge on any atom is 0.305 e. The van der Waals surface area contributed by atoms with Crippen molar-refractivity contribution in [1.29, 1.82) is 0 Å². The number of rotatable bonds is 82. The molecule has 0 aromatic rings. The van der Waals surface area contributed by atoms with Crippen molar-refractivity contribution >= 4 is 11.9 Å². The van der Waals surface area contributed by atoms with Gasteiger partial charge in [0, 0.05) is 12.8 Å². The summed E-state index contributed by atoms with van der Waals surface area (Å²) in [6.45, 7) is 4.99. The van der Waals surface area contributed by atoms with Gasteiger partial charge < -0.3 is 20.3 Å². The van der Waals surface area contributed by atoms with Gasteiger partial charge in [-0.25, -0.2) is 0 Å². The summed E-state index contributed by atoms with van der Waals surface area (Å²) in [5.41, 5.74) is 0. The summed E-state index contributed by atoms with van der Waals surface area (Å²) < 4.78 is 5.49. The fourth-order valence-corrected chi connectivity index (χ4v) is 13.9. The second-order valence-electron chi connectivity index (χ2n) is 29.9. The Labute approximate surface area is 583 Å². The first-order valence-corrected chi connectivity index (χ1v) is 43.1. The molecule has 552 valence electrons. The maximum atomic E-state index is 12.6. The molecular weight excluding hydrogens is 1140 g/mol. The van der Waals surface area contributed by atoms with Crippen molar-refractivity contribution in [2.24, 2.45) is 0 Å². The smallest absolute Gasteiger partial charge is 0.305 e. The number of aliphatic hydroxyl groups is 2. The number of hydrogen-bond acceptors (Lipinski definition) is 5. The second-order valence-corrected chi connectivity index (χ2v) is 29.9. The molecule has 0 saturated heterocycles. The number of carbonyl (C=O) groups excluding carboxylic acids is 2. The van der Waals surface area contributed by atoms with Crippen molar-refractivity contribution in [2.75, 3.05) is 13.2 Å². The molecule has 93 heavy (non-hydrogen) atoms.